The summed E-state index contributed by atoms with van der Waals surface area (Å²) in [5.41, 5.74) is -2.73. The lowest BCUT2D eigenvalue weighted by Gasteiger charge is -2.34. The maximum Gasteiger partial charge on any atom is 0.516 e. The SMILES string of the molecule is CC(C)(C)OC(=O)N1CCC(n2nc(B3OC(C)(C)C(C)(C)O3)cc2C(F)(F)F)CC1. The van der Waals surface area contributed by atoms with Gasteiger partial charge in [0.15, 0.2) is 0 Å². The molecule has 0 aromatic carbocycles. The van der Waals surface area contributed by atoms with Crippen LogP contribution in [-0.2, 0) is 20.2 Å². The van der Waals surface area contributed by atoms with Crippen molar-refractivity contribution < 1.29 is 32.0 Å². The van der Waals surface area contributed by atoms with Crippen LogP contribution in [0.15, 0.2) is 6.07 Å². The number of likely N-dealkylation sites (tertiary alicyclic amines) is 1. The number of carbonyl (C=O) groups excluding carboxylic acids is 1. The molecule has 1 aromatic heterocycles. The van der Waals surface area contributed by atoms with Gasteiger partial charge in [0.2, 0.25) is 0 Å². The summed E-state index contributed by atoms with van der Waals surface area (Å²) in [5, 5.41) is 4.25. The van der Waals surface area contributed by atoms with Gasteiger partial charge in [0.25, 0.3) is 0 Å². The highest BCUT2D eigenvalue weighted by Gasteiger charge is 2.53. The second kappa shape index (κ2) is 7.69. The highest BCUT2D eigenvalue weighted by atomic mass is 19.4. The Bertz CT molecular complexity index is 809. The largest absolute Gasteiger partial charge is 0.516 e. The van der Waals surface area contributed by atoms with Crippen molar-refractivity contribution in [1.82, 2.24) is 14.7 Å². The first-order valence-corrected chi connectivity index (χ1v) is 10.5. The number of amides is 1. The van der Waals surface area contributed by atoms with Gasteiger partial charge in [-0.05, 0) is 67.4 Å². The molecule has 1 amide bonds. The maximum absolute atomic E-state index is 13.8. The average Bonchev–Trinajstić information content (AvgIpc) is 3.13. The van der Waals surface area contributed by atoms with E-state index in [0.717, 1.165) is 10.7 Å². The van der Waals surface area contributed by atoms with Crippen molar-refractivity contribution in [1.29, 1.82) is 0 Å². The maximum atomic E-state index is 13.8. The molecular weight excluding hydrogens is 414 g/mol. The fourth-order valence-electron chi connectivity index (χ4n) is 3.60. The molecule has 0 radical (unpaired) electrons. The summed E-state index contributed by atoms with van der Waals surface area (Å²) < 4.78 is 59.5. The molecule has 0 atom stereocenters. The molecule has 0 N–H and O–H groups in total. The molecule has 0 aliphatic carbocycles. The number of nitrogens with zero attached hydrogens (tertiary/aromatic N) is 3. The Labute approximate surface area is 181 Å². The number of rotatable bonds is 2. The summed E-state index contributed by atoms with van der Waals surface area (Å²) in [5.74, 6) is 0. The number of halogens is 3. The van der Waals surface area contributed by atoms with Crippen molar-refractivity contribution in [2.75, 3.05) is 13.1 Å². The monoisotopic (exact) mass is 445 g/mol. The van der Waals surface area contributed by atoms with Crippen LogP contribution in [-0.4, -0.2) is 57.8 Å². The minimum atomic E-state index is -4.57. The van der Waals surface area contributed by atoms with Crippen LogP contribution in [0, 0.1) is 0 Å². The minimum absolute atomic E-state index is 0.0977. The second-order valence-electron chi connectivity index (χ2n) is 10.2. The smallest absolute Gasteiger partial charge is 0.444 e. The molecule has 3 heterocycles. The molecule has 31 heavy (non-hydrogen) atoms. The Kier molecular flexibility index (Phi) is 5.93. The van der Waals surface area contributed by atoms with Gasteiger partial charge in [-0.15, -0.1) is 0 Å². The predicted molar refractivity (Wildman–Crippen MR) is 109 cm³/mol. The number of ether oxygens (including phenoxy) is 1. The molecule has 2 aliphatic heterocycles. The van der Waals surface area contributed by atoms with Crippen molar-refractivity contribution in [3.63, 3.8) is 0 Å². The molecule has 0 unspecified atom stereocenters. The average molecular weight is 445 g/mol. The van der Waals surface area contributed by atoms with Gasteiger partial charge in [0.1, 0.15) is 11.3 Å². The quantitative estimate of drug-likeness (QED) is 0.649. The van der Waals surface area contributed by atoms with Gasteiger partial charge in [-0.3, -0.25) is 4.68 Å². The van der Waals surface area contributed by atoms with E-state index in [9.17, 15) is 18.0 Å². The number of aromatic nitrogens is 2. The van der Waals surface area contributed by atoms with Crippen LogP contribution in [0.1, 0.15) is 73.0 Å². The summed E-state index contributed by atoms with van der Waals surface area (Å²) in [6, 6.07) is 0.508. The topological polar surface area (TPSA) is 65.8 Å². The van der Waals surface area contributed by atoms with E-state index in [0.29, 0.717) is 25.9 Å². The van der Waals surface area contributed by atoms with Gasteiger partial charge in [-0.1, -0.05) is 0 Å². The van der Waals surface area contributed by atoms with Crippen LogP contribution < -0.4 is 5.59 Å². The summed E-state index contributed by atoms with van der Waals surface area (Å²) >= 11 is 0. The third-order valence-electron chi connectivity index (χ3n) is 6.00. The molecule has 0 spiro atoms. The molecule has 7 nitrogen and oxygen atoms in total. The summed E-state index contributed by atoms with van der Waals surface area (Å²) in [4.78, 5) is 13.8. The number of hydrogen-bond acceptors (Lipinski definition) is 5. The lowest BCUT2D eigenvalue weighted by molar-refractivity contribution is -0.145. The molecule has 1 aromatic rings. The zero-order valence-electron chi connectivity index (χ0n) is 19.2. The molecule has 2 aliphatic rings. The molecule has 174 valence electrons. The van der Waals surface area contributed by atoms with E-state index < -0.39 is 47.9 Å². The standard InChI is InChI=1S/C20H31BF3N3O4/c1-17(2,3)29-16(28)26-10-8-13(9-11-26)27-14(20(22,23)24)12-15(25-27)21-30-18(4,5)19(6,7)31-21/h12-13H,8-11H2,1-7H3. The molecule has 0 bridgehead atoms. The van der Waals surface area contributed by atoms with E-state index in [1.807, 2.05) is 27.7 Å². The minimum Gasteiger partial charge on any atom is -0.444 e. The Morgan fingerprint density at radius 2 is 1.65 bits per heavy atom. The third kappa shape index (κ3) is 5.03. The van der Waals surface area contributed by atoms with Crippen molar-refractivity contribution in [2.45, 2.75) is 90.3 Å². The number of alkyl halides is 3. The summed E-state index contributed by atoms with van der Waals surface area (Å²) in [6.45, 7) is 13.2. The van der Waals surface area contributed by atoms with Crippen LogP contribution in [0.4, 0.5) is 18.0 Å². The zero-order valence-corrected chi connectivity index (χ0v) is 19.2. The first-order valence-electron chi connectivity index (χ1n) is 10.5. The fourth-order valence-corrected chi connectivity index (χ4v) is 3.60. The second-order valence-corrected chi connectivity index (χ2v) is 10.2. The Hall–Kier alpha value is -1.75. The summed E-state index contributed by atoms with van der Waals surface area (Å²) in [6.07, 6.45) is -4.35. The van der Waals surface area contributed by atoms with Crippen molar-refractivity contribution in [3.05, 3.63) is 11.8 Å². The van der Waals surface area contributed by atoms with Gasteiger partial charge in [-0.25, -0.2) is 4.79 Å². The fraction of sp³-hybridized carbons (Fsp3) is 0.800. The van der Waals surface area contributed by atoms with E-state index in [-0.39, 0.29) is 5.59 Å². The number of hydrogen-bond donors (Lipinski definition) is 0. The molecule has 2 saturated heterocycles. The molecule has 2 fully saturated rings. The molecule has 11 heteroatoms. The zero-order chi connectivity index (χ0) is 23.4. The first-order chi connectivity index (χ1) is 14.0. The van der Waals surface area contributed by atoms with E-state index in [1.165, 1.54) is 4.90 Å². The van der Waals surface area contributed by atoms with Gasteiger partial charge >= 0.3 is 19.4 Å². The normalized spacial score (nSPS) is 22.1. The lowest BCUT2D eigenvalue weighted by Crippen LogP contribution is -2.42. The molecule has 0 saturated carbocycles. The molecule has 3 rings (SSSR count). The predicted octanol–water partition coefficient (Wildman–Crippen LogP) is 3.77. The van der Waals surface area contributed by atoms with E-state index in [2.05, 4.69) is 5.10 Å². The van der Waals surface area contributed by atoms with Crippen molar-refractivity contribution in [2.24, 2.45) is 0 Å². The number of piperidine rings is 1. The van der Waals surface area contributed by atoms with Gasteiger partial charge < -0.3 is 18.9 Å². The van der Waals surface area contributed by atoms with Gasteiger partial charge in [0, 0.05) is 13.1 Å². The lowest BCUT2D eigenvalue weighted by atomic mass is 9.85. The van der Waals surface area contributed by atoms with E-state index in [1.54, 1.807) is 20.8 Å². The van der Waals surface area contributed by atoms with Crippen LogP contribution in [0.3, 0.4) is 0 Å². The van der Waals surface area contributed by atoms with Crippen molar-refractivity contribution >= 4 is 18.8 Å². The van der Waals surface area contributed by atoms with E-state index >= 15 is 0 Å². The highest BCUT2D eigenvalue weighted by molar-refractivity contribution is 6.61. The van der Waals surface area contributed by atoms with Crippen LogP contribution in [0.2, 0.25) is 0 Å². The van der Waals surface area contributed by atoms with Crippen LogP contribution >= 0.6 is 0 Å². The van der Waals surface area contributed by atoms with Crippen LogP contribution in [0.5, 0.6) is 0 Å². The Balaban J connectivity index is 1.79. The summed E-state index contributed by atoms with van der Waals surface area (Å²) in [7, 11) is -0.978. The van der Waals surface area contributed by atoms with Crippen molar-refractivity contribution in [3.8, 4) is 0 Å². The van der Waals surface area contributed by atoms with Crippen LogP contribution in [0.25, 0.3) is 0 Å². The van der Waals surface area contributed by atoms with E-state index in [4.69, 9.17) is 14.0 Å². The Morgan fingerprint density at radius 3 is 2.10 bits per heavy atom. The van der Waals surface area contributed by atoms with Gasteiger partial charge in [0.05, 0.1) is 22.8 Å². The number of carbonyl (C=O) groups is 1. The molecular formula is C20H31BF3N3O4. The van der Waals surface area contributed by atoms with Gasteiger partial charge in [-0.2, -0.15) is 18.3 Å². The highest BCUT2D eigenvalue weighted by Crippen LogP contribution is 2.38. The Morgan fingerprint density at radius 1 is 1.13 bits per heavy atom. The third-order valence-corrected chi connectivity index (χ3v) is 6.00. The first kappa shape index (κ1) is 23.9.